The third kappa shape index (κ3) is 3.24. The van der Waals surface area contributed by atoms with E-state index in [-0.39, 0.29) is 11.8 Å². The van der Waals surface area contributed by atoms with E-state index in [0.29, 0.717) is 19.1 Å². The number of amides is 1. The molecule has 2 aromatic rings. The number of fused-ring (bicyclic) bond motifs is 1. The van der Waals surface area contributed by atoms with Gasteiger partial charge in [0.2, 0.25) is 5.91 Å². The van der Waals surface area contributed by atoms with E-state index < -0.39 is 0 Å². The standard InChI is InChI=1S/C20H27N3O/c1-14(2)23-13-18(17-5-3-4-6-19(17)23)15-7-9-16(10-8-15)20(24)22-12-11-21/h3-7,13-14,16H,8-12,21H2,1-2H3,(H,22,24). The minimum absolute atomic E-state index is 0.0822. The van der Waals surface area contributed by atoms with E-state index >= 15 is 0 Å². The van der Waals surface area contributed by atoms with Gasteiger partial charge in [0, 0.05) is 47.7 Å². The molecule has 0 radical (unpaired) electrons. The van der Waals surface area contributed by atoms with Gasteiger partial charge in [-0.05, 0) is 44.7 Å². The number of nitrogens with zero attached hydrogens (tertiary/aromatic N) is 1. The molecule has 1 aliphatic carbocycles. The summed E-state index contributed by atoms with van der Waals surface area (Å²) in [6.45, 7) is 5.48. The Hall–Kier alpha value is -2.07. The van der Waals surface area contributed by atoms with Crippen LogP contribution in [0.5, 0.6) is 0 Å². The molecule has 1 unspecified atom stereocenters. The number of nitrogens with one attached hydrogen (secondary N) is 1. The van der Waals surface area contributed by atoms with Crippen molar-refractivity contribution < 1.29 is 4.79 Å². The molecule has 4 heteroatoms. The van der Waals surface area contributed by atoms with Gasteiger partial charge in [-0.1, -0.05) is 24.3 Å². The van der Waals surface area contributed by atoms with E-state index in [1.165, 1.54) is 22.0 Å². The van der Waals surface area contributed by atoms with Crippen LogP contribution in [0.3, 0.4) is 0 Å². The summed E-state index contributed by atoms with van der Waals surface area (Å²) in [6.07, 6.45) is 7.20. The Morgan fingerprint density at radius 2 is 2.17 bits per heavy atom. The summed E-state index contributed by atoms with van der Waals surface area (Å²) < 4.78 is 2.34. The molecule has 0 saturated heterocycles. The molecule has 1 heterocycles. The fraction of sp³-hybridized carbons (Fsp3) is 0.450. The highest BCUT2D eigenvalue weighted by atomic mass is 16.1. The van der Waals surface area contributed by atoms with E-state index in [2.05, 4.69) is 60.3 Å². The summed E-state index contributed by atoms with van der Waals surface area (Å²) in [5, 5.41) is 4.22. The molecule has 0 spiro atoms. The minimum Gasteiger partial charge on any atom is -0.355 e. The number of nitrogens with two attached hydrogens (primary N) is 1. The SMILES string of the molecule is CC(C)n1cc(C2=CCC(C(=O)NCCN)CC2)c2ccccc21. The molecule has 1 amide bonds. The van der Waals surface area contributed by atoms with Crippen LogP contribution in [0.2, 0.25) is 0 Å². The Morgan fingerprint density at radius 1 is 1.38 bits per heavy atom. The van der Waals surface area contributed by atoms with Crippen LogP contribution in [0, 0.1) is 5.92 Å². The molecule has 0 aliphatic heterocycles. The second kappa shape index (κ2) is 7.22. The Balaban J connectivity index is 1.85. The van der Waals surface area contributed by atoms with Crippen molar-refractivity contribution in [3.8, 4) is 0 Å². The lowest BCUT2D eigenvalue weighted by Crippen LogP contribution is -2.34. The fourth-order valence-electron chi connectivity index (χ4n) is 3.54. The first-order valence-electron chi connectivity index (χ1n) is 8.88. The zero-order chi connectivity index (χ0) is 17.1. The number of rotatable bonds is 5. The smallest absolute Gasteiger partial charge is 0.223 e. The topological polar surface area (TPSA) is 60.0 Å². The van der Waals surface area contributed by atoms with Crippen molar-refractivity contribution in [3.63, 3.8) is 0 Å². The predicted molar refractivity (Wildman–Crippen MR) is 99.7 cm³/mol. The second-order valence-corrected chi connectivity index (χ2v) is 6.84. The van der Waals surface area contributed by atoms with Crippen molar-refractivity contribution >= 4 is 22.4 Å². The van der Waals surface area contributed by atoms with Crippen LogP contribution >= 0.6 is 0 Å². The van der Waals surface area contributed by atoms with Crippen LogP contribution in [0.1, 0.15) is 44.7 Å². The van der Waals surface area contributed by atoms with Crippen LogP contribution < -0.4 is 11.1 Å². The largest absolute Gasteiger partial charge is 0.355 e. The van der Waals surface area contributed by atoms with Crippen LogP contribution in [-0.4, -0.2) is 23.6 Å². The molecule has 128 valence electrons. The summed E-state index contributed by atoms with van der Waals surface area (Å²) in [6, 6.07) is 9.01. The first kappa shape index (κ1) is 16.8. The maximum absolute atomic E-state index is 12.1. The van der Waals surface area contributed by atoms with E-state index in [1.54, 1.807) is 0 Å². The lowest BCUT2D eigenvalue weighted by molar-refractivity contribution is -0.125. The maximum atomic E-state index is 12.1. The van der Waals surface area contributed by atoms with Gasteiger partial charge in [0.05, 0.1) is 0 Å². The van der Waals surface area contributed by atoms with Gasteiger partial charge < -0.3 is 15.6 Å². The van der Waals surface area contributed by atoms with E-state index in [1.807, 2.05) is 0 Å². The molecule has 3 rings (SSSR count). The van der Waals surface area contributed by atoms with Crippen LogP contribution in [-0.2, 0) is 4.79 Å². The van der Waals surface area contributed by atoms with Crippen molar-refractivity contribution in [2.24, 2.45) is 11.7 Å². The van der Waals surface area contributed by atoms with Crippen molar-refractivity contribution in [3.05, 3.63) is 42.1 Å². The Morgan fingerprint density at radius 3 is 2.83 bits per heavy atom. The highest BCUT2D eigenvalue weighted by Gasteiger charge is 2.23. The molecule has 0 saturated carbocycles. The van der Waals surface area contributed by atoms with Gasteiger partial charge in [0.25, 0.3) is 0 Å². The average Bonchev–Trinajstić information content (AvgIpc) is 3.00. The number of aromatic nitrogens is 1. The monoisotopic (exact) mass is 325 g/mol. The number of hydrogen-bond donors (Lipinski definition) is 2. The molecule has 0 fully saturated rings. The van der Waals surface area contributed by atoms with E-state index in [9.17, 15) is 4.79 Å². The number of carbonyl (C=O) groups excluding carboxylic acids is 1. The molecule has 3 N–H and O–H groups in total. The third-order valence-electron chi connectivity index (χ3n) is 4.87. The molecule has 1 aromatic carbocycles. The van der Waals surface area contributed by atoms with E-state index in [0.717, 1.165) is 19.3 Å². The zero-order valence-electron chi connectivity index (χ0n) is 14.6. The normalized spacial score (nSPS) is 18.0. The number of para-hydroxylation sites is 1. The Bertz CT molecular complexity index is 757. The Labute approximate surface area is 143 Å². The highest BCUT2D eigenvalue weighted by molar-refractivity contribution is 5.93. The number of benzene rings is 1. The number of carbonyl (C=O) groups is 1. The van der Waals surface area contributed by atoms with Crippen LogP contribution in [0.25, 0.3) is 16.5 Å². The van der Waals surface area contributed by atoms with Crippen LogP contribution in [0.4, 0.5) is 0 Å². The number of hydrogen-bond acceptors (Lipinski definition) is 2. The summed E-state index contributed by atoms with van der Waals surface area (Å²) in [5.41, 5.74) is 9.43. The average molecular weight is 325 g/mol. The quantitative estimate of drug-likeness (QED) is 0.884. The summed E-state index contributed by atoms with van der Waals surface area (Å²) in [5.74, 6) is 0.221. The lowest BCUT2D eigenvalue weighted by Gasteiger charge is -2.21. The van der Waals surface area contributed by atoms with Gasteiger partial charge >= 0.3 is 0 Å². The molecule has 1 aromatic heterocycles. The molecule has 24 heavy (non-hydrogen) atoms. The predicted octanol–water partition coefficient (Wildman–Crippen LogP) is 3.48. The van der Waals surface area contributed by atoms with Crippen molar-refractivity contribution in [2.75, 3.05) is 13.1 Å². The lowest BCUT2D eigenvalue weighted by atomic mass is 9.86. The molecular weight excluding hydrogens is 298 g/mol. The van der Waals surface area contributed by atoms with Gasteiger partial charge in [0.15, 0.2) is 0 Å². The zero-order valence-corrected chi connectivity index (χ0v) is 14.6. The van der Waals surface area contributed by atoms with Gasteiger partial charge in [-0.15, -0.1) is 0 Å². The first-order chi connectivity index (χ1) is 11.6. The van der Waals surface area contributed by atoms with Gasteiger partial charge in [-0.25, -0.2) is 0 Å². The molecule has 0 bridgehead atoms. The first-order valence-corrected chi connectivity index (χ1v) is 8.88. The summed E-state index contributed by atoms with van der Waals surface area (Å²) in [4.78, 5) is 12.1. The van der Waals surface area contributed by atoms with Crippen LogP contribution in [0.15, 0.2) is 36.5 Å². The molecule has 1 atom stereocenters. The summed E-state index contributed by atoms with van der Waals surface area (Å²) >= 11 is 0. The fourth-order valence-corrected chi connectivity index (χ4v) is 3.54. The third-order valence-corrected chi connectivity index (χ3v) is 4.87. The molecular formula is C20H27N3O. The van der Waals surface area contributed by atoms with Gasteiger partial charge in [0.1, 0.15) is 0 Å². The number of allylic oxidation sites excluding steroid dienone is 2. The van der Waals surface area contributed by atoms with Gasteiger partial charge in [-0.3, -0.25) is 4.79 Å². The highest BCUT2D eigenvalue weighted by Crippen LogP contribution is 2.36. The van der Waals surface area contributed by atoms with Crippen molar-refractivity contribution in [1.29, 1.82) is 0 Å². The van der Waals surface area contributed by atoms with E-state index in [4.69, 9.17) is 5.73 Å². The van der Waals surface area contributed by atoms with Crippen molar-refractivity contribution in [1.82, 2.24) is 9.88 Å². The minimum atomic E-state index is 0.0822. The molecule has 4 nitrogen and oxygen atoms in total. The van der Waals surface area contributed by atoms with Crippen molar-refractivity contribution in [2.45, 2.75) is 39.2 Å². The maximum Gasteiger partial charge on any atom is 0.223 e. The summed E-state index contributed by atoms with van der Waals surface area (Å²) in [7, 11) is 0. The second-order valence-electron chi connectivity index (χ2n) is 6.84. The van der Waals surface area contributed by atoms with Gasteiger partial charge in [-0.2, -0.15) is 0 Å². The molecule has 1 aliphatic rings. The Kier molecular flexibility index (Phi) is 5.05.